The van der Waals surface area contributed by atoms with Crippen LogP contribution in [0.2, 0.25) is 0 Å². The third-order valence-corrected chi connectivity index (χ3v) is 3.35. The summed E-state index contributed by atoms with van der Waals surface area (Å²) in [6.07, 6.45) is -0.167. The number of hydrogen-bond donors (Lipinski definition) is 1. The number of benzene rings is 2. The molecule has 4 heteroatoms. The number of hydrogen-bond acceptors (Lipinski definition) is 3. The lowest BCUT2D eigenvalue weighted by Gasteiger charge is -1.98. The number of aliphatic carboxylic acids is 1. The van der Waals surface area contributed by atoms with E-state index in [1.807, 2.05) is 61.5 Å². The SMILES string of the molecule is Cc1ccc(-c2nc(CC(=O)O)c(-c3ccccc3)o2)cc1. The summed E-state index contributed by atoms with van der Waals surface area (Å²) >= 11 is 0. The Kier molecular flexibility index (Phi) is 3.74. The Balaban J connectivity index is 2.08. The van der Waals surface area contributed by atoms with E-state index in [2.05, 4.69) is 4.98 Å². The first-order chi connectivity index (χ1) is 10.6. The van der Waals surface area contributed by atoms with Gasteiger partial charge in [-0.15, -0.1) is 0 Å². The van der Waals surface area contributed by atoms with Gasteiger partial charge in [0.15, 0.2) is 5.76 Å². The molecule has 0 radical (unpaired) electrons. The standard InChI is InChI=1S/C18H15NO3/c1-12-7-9-14(10-8-12)18-19-15(11-16(20)21)17(22-18)13-5-3-2-4-6-13/h2-10H,11H2,1H3,(H,20,21). The molecule has 3 aromatic rings. The number of carboxylic acids is 1. The predicted molar refractivity (Wildman–Crippen MR) is 83.5 cm³/mol. The van der Waals surface area contributed by atoms with Gasteiger partial charge in [-0.3, -0.25) is 4.79 Å². The van der Waals surface area contributed by atoms with Crippen LogP contribution in [-0.2, 0) is 11.2 Å². The smallest absolute Gasteiger partial charge is 0.309 e. The maximum atomic E-state index is 11.1. The first-order valence-electron chi connectivity index (χ1n) is 6.97. The van der Waals surface area contributed by atoms with E-state index < -0.39 is 5.97 Å². The second kappa shape index (κ2) is 5.85. The van der Waals surface area contributed by atoms with Gasteiger partial charge in [-0.2, -0.15) is 0 Å². The van der Waals surface area contributed by atoms with Gasteiger partial charge in [0.2, 0.25) is 5.89 Å². The summed E-state index contributed by atoms with van der Waals surface area (Å²) in [5.41, 5.74) is 3.24. The molecule has 0 saturated heterocycles. The number of rotatable bonds is 4. The fourth-order valence-corrected chi connectivity index (χ4v) is 2.25. The van der Waals surface area contributed by atoms with E-state index >= 15 is 0 Å². The van der Waals surface area contributed by atoms with Crippen molar-refractivity contribution in [2.24, 2.45) is 0 Å². The van der Waals surface area contributed by atoms with Crippen LogP contribution >= 0.6 is 0 Å². The number of carboxylic acid groups (broad SMARTS) is 1. The largest absolute Gasteiger partial charge is 0.481 e. The lowest BCUT2D eigenvalue weighted by atomic mass is 10.1. The zero-order valence-electron chi connectivity index (χ0n) is 12.1. The number of carbonyl (C=O) groups is 1. The van der Waals surface area contributed by atoms with Crippen molar-refractivity contribution in [3.63, 3.8) is 0 Å². The van der Waals surface area contributed by atoms with Gasteiger partial charge in [-0.1, -0.05) is 48.0 Å². The minimum atomic E-state index is -0.930. The first kappa shape index (κ1) is 14.1. The molecule has 0 amide bonds. The Morgan fingerprint density at radius 3 is 2.36 bits per heavy atom. The Morgan fingerprint density at radius 1 is 1.05 bits per heavy atom. The van der Waals surface area contributed by atoms with Gasteiger partial charge in [0.25, 0.3) is 0 Å². The van der Waals surface area contributed by atoms with Crippen LogP contribution in [0.15, 0.2) is 59.0 Å². The van der Waals surface area contributed by atoms with Crippen LogP contribution in [0.3, 0.4) is 0 Å². The summed E-state index contributed by atoms with van der Waals surface area (Å²) in [4.78, 5) is 15.4. The Hall–Kier alpha value is -2.88. The normalized spacial score (nSPS) is 10.6. The Labute approximate surface area is 128 Å². The number of aryl methyl sites for hydroxylation is 1. The Morgan fingerprint density at radius 2 is 1.73 bits per heavy atom. The van der Waals surface area contributed by atoms with Gasteiger partial charge in [0.05, 0.1) is 12.1 Å². The molecule has 1 aromatic heterocycles. The van der Waals surface area contributed by atoms with Crippen molar-refractivity contribution < 1.29 is 14.3 Å². The zero-order chi connectivity index (χ0) is 15.5. The minimum absolute atomic E-state index is 0.167. The van der Waals surface area contributed by atoms with Crippen LogP contribution in [0.4, 0.5) is 0 Å². The maximum Gasteiger partial charge on any atom is 0.309 e. The topological polar surface area (TPSA) is 63.3 Å². The molecule has 0 unspecified atom stereocenters. The highest BCUT2D eigenvalue weighted by Crippen LogP contribution is 2.30. The summed E-state index contributed by atoms with van der Waals surface area (Å²) in [5, 5.41) is 9.07. The molecular weight excluding hydrogens is 278 g/mol. The van der Waals surface area contributed by atoms with Crippen molar-refractivity contribution >= 4 is 5.97 Å². The van der Waals surface area contributed by atoms with Crippen molar-refractivity contribution in [3.05, 3.63) is 65.9 Å². The van der Waals surface area contributed by atoms with E-state index in [-0.39, 0.29) is 6.42 Å². The van der Waals surface area contributed by atoms with Crippen LogP contribution in [0.25, 0.3) is 22.8 Å². The average Bonchev–Trinajstić information content (AvgIpc) is 2.92. The van der Waals surface area contributed by atoms with E-state index in [0.717, 1.165) is 16.7 Å². The molecule has 1 N–H and O–H groups in total. The van der Waals surface area contributed by atoms with Crippen molar-refractivity contribution in [1.29, 1.82) is 0 Å². The van der Waals surface area contributed by atoms with Gasteiger partial charge in [0.1, 0.15) is 0 Å². The summed E-state index contributed by atoms with van der Waals surface area (Å²) < 4.78 is 5.85. The highest BCUT2D eigenvalue weighted by molar-refractivity contribution is 5.74. The highest BCUT2D eigenvalue weighted by atomic mass is 16.4. The molecule has 0 aliphatic carbocycles. The summed E-state index contributed by atoms with van der Waals surface area (Å²) in [7, 11) is 0. The molecule has 2 aromatic carbocycles. The lowest BCUT2D eigenvalue weighted by molar-refractivity contribution is -0.136. The zero-order valence-corrected chi connectivity index (χ0v) is 12.1. The molecule has 1 heterocycles. The van der Waals surface area contributed by atoms with E-state index in [9.17, 15) is 4.79 Å². The van der Waals surface area contributed by atoms with Crippen LogP contribution in [-0.4, -0.2) is 16.1 Å². The van der Waals surface area contributed by atoms with Crippen molar-refractivity contribution in [2.75, 3.05) is 0 Å². The van der Waals surface area contributed by atoms with Gasteiger partial charge in [0, 0.05) is 11.1 Å². The van der Waals surface area contributed by atoms with Crippen molar-refractivity contribution in [3.8, 4) is 22.8 Å². The van der Waals surface area contributed by atoms with Crippen LogP contribution in [0.5, 0.6) is 0 Å². The van der Waals surface area contributed by atoms with E-state index in [1.165, 1.54) is 0 Å². The van der Waals surface area contributed by atoms with Crippen LogP contribution in [0, 0.1) is 6.92 Å². The van der Waals surface area contributed by atoms with E-state index in [0.29, 0.717) is 17.3 Å². The molecule has 4 nitrogen and oxygen atoms in total. The van der Waals surface area contributed by atoms with E-state index in [1.54, 1.807) is 0 Å². The molecule has 0 spiro atoms. The number of nitrogens with zero attached hydrogens (tertiary/aromatic N) is 1. The lowest BCUT2D eigenvalue weighted by Crippen LogP contribution is -2.01. The fraction of sp³-hybridized carbons (Fsp3) is 0.111. The highest BCUT2D eigenvalue weighted by Gasteiger charge is 2.18. The number of aromatic nitrogens is 1. The molecule has 0 aliphatic rings. The molecule has 0 atom stereocenters. The van der Waals surface area contributed by atoms with Gasteiger partial charge in [-0.25, -0.2) is 4.98 Å². The average molecular weight is 293 g/mol. The van der Waals surface area contributed by atoms with Gasteiger partial charge >= 0.3 is 5.97 Å². The van der Waals surface area contributed by atoms with Crippen LogP contribution in [0.1, 0.15) is 11.3 Å². The van der Waals surface area contributed by atoms with Crippen molar-refractivity contribution in [2.45, 2.75) is 13.3 Å². The monoisotopic (exact) mass is 293 g/mol. The van der Waals surface area contributed by atoms with Crippen molar-refractivity contribution in [1.82, 2.24) is 4.98 Å². The minimum Gasteiger partial charge on any atom is -0.481 e. The molecule has 0 aliphatic heterocycles. The van der Waals surface area contributed by atoms with Crippen LogP contribution < -0.4 is 0 Å². The predicted octanol–water partition coefficient (Wildman–Crippen LogP) is 3.94. The molecule has 110 valence electrons. The number of oxazole rings is 1. The molecule has 22 heavy (non-hydrogen) atoms. The molecule has 0 bridgehead atoms. The van der Waals surface area contributed by atoms with Gasteiger partial charge in [-0.05, 0) is 19.1 Å². The summed E-state index contributed by atoms with van der Waals surface area (Å²) in [6.45, 7) is 2.00. The Bertz CT molecular complexity index is 789. The summed E-state index contributed by atoms with van der Waals surface area (Å²) in [5.74, 6) is 0.0228. The maximum absolute atomic E-state index is 11.1. The quantitative estimate of drug-likeness (QED) is 0.791. The second-order valence-electron chi connectivity index (χ2n) is 5.10. The van der Waals surface area contributed by atoms with Gasteiger partial charge < -0.3 is 9.52 Å². The van der Waals surface area contributed by atoms with E-state index in [4.69, 9.17) is 9.52 Å². The third kappa shape index (κ3) is 2.91. The first-order valence-corrected chi connectivity index (χ1v) is 6.97. The fourth-order valence-electron chi connectivity index (χ4n) is 2.25. The second-order valence-corrected chi connectivity index (χ2v) is 5.10. The summed E-state index contributed by atoms with van der Waals surface area (Å²) in [6, 6.07) is 17.2. The third-order valence-electron chi connectivity index (χ3n) is 3.35. The molecular formula is C18H15NO3. The molecule has 3 rings (SSSR count). The molecule has 0 fully saturated rings. The molecule has 0 saturated carbocycles.